The van der Waals surface area contributed by atoms with Gasteiger partial charge in [-0.3, -0.25) is 14.4 Å². The molecule has 2 aromatic heterocycles. The van der Waals surface area contributed by atoms with E-state index in [1.807, 2.05) is 0 Å². The summed E-state index contributed by atoms with van der Waals surface area (Å²) in [7, 11) is 0. The van der Waals surface area contributed by atoms with Crippen LogP contribution in [0.1, 0.15) is 34.7 Å². The molecule has 1 aliphatic heterocycles. The number of nitrogens with zero attached hydrogens (tertiary/aromatic N) is 5. The molecule has 4 rings (SSSR count). The molecule has 2 N–H and O–H groups in total. The number of alkyl halides is 6. The fourth-order valence-corrected chi connectivity index (χ4v) is 4.21. The summed E-state index contributed by atoms with van der Waals surface area (Å²) in [5.74, 6) is -2.09. The Morgan fingerprint density at radius 1 is 1.03 bits per heavy atom. The normalized spacial score (nSPS) is 18.2. The zero-order valence-electron chi connectivity index (χ0n) is 18.4. The number of hydrogen-bond donors (Lipinski definition) is 2. The van der Waals surface area contributed by atoms with E-state index in [-0.39, 0.29) is 56.2 Å². The number of rotatable bonds is 4. The monoisotopic (exact) mass is 519 g/mol. The number of H-pyrrole nitrogens is 1. The Labute approximate surface area is 198 Å². The molecule has 2 aromatic rings. The first kappa shape index (κ1) is 25.4. The number of carbonyl (C=O) groups is 2. The number of aromatic nitrogens is 4. The van der Waals surface area contributed by atoms with E-state index >= 15 is 0 Å². The van der Waals surface area contributed by atoms with E-state index in [4.69, 9.17) is 0 Å². The number of aromatic amines is 1. The summed E-state index contributed by atoms with van der Waals surface area (Å²) in [5.41, 5.74) is -4.21. The number of nitrogens with one attached hydrogen (secondary N) is 2. The van der Waals surface area contributed by atoms with Crippen LogP contribution in [0.3, 0.4) is 0 Å². The molecule has 1 fully saturated rings. The summed E-state index contributed by atoms with van der Waals surface area (Å²) in [5, 5.41) is 7.83. The third kappa shape index (κ3) is 5.11. The first-order valence-corrected chi connectivity index (χ1v) is 10.7. The van der Waals surface area contributed by atoms with E-state index in [0.29, 0.717) is 12.4 Å². The van der Waals surface area contributed by atoms with Gasteiger partial charge in [0.25, 0.3) is 5.56 Å². The summed E-state index contributed by atoms with van der Waals surface area (Å²) in [6, 6.07) is 0. The molecule has 10 nitrogen and oxygen atoms in total. The predicted octanol–water partition coefficient (Wildman–Crippen LogP) is 1.09. The lowest BCUT2D eigenvalue weighted by Crippen LogP contribution is -2.51. The zero-order chi connectivity index (χ0) is 26.3. The molecule has 1 atom stereocenters. The van der Waals surface area contributed by atoms with Crippen molar-refractivity contribution in [1.82, 2.24) is 30.4 Å². The highest BCUT2D eigenvalue weighted by atomic mass is 19.4. The molecule has 0 bridgehead atoms. The minimum atomic E-state index is -4.89. The molecule has 194 valence electrons. The molecule has 0 aromatic carbocycles. The predicted molar refractivity (Wildman–Crippen MR) is 110 cm³/mol. The van der Waals surface area contributed by atoms with E-state index in [1.54, 1.807) is 10.00 Å². The lowest BCUT2D eigenvalue weighted by atomic mass is 10.1. The largest absolute Gasteiger partial charge is 0.422 e. The quantitative estimate of drug-likeness (QED) is 0.580. The van der Waals surface area contributed by atoms with Crippen molar-refractivity contribution in [1.29, 1.82) is 0 Å². The Hall–Kier alpha value is -3.72. The standard InChI is InChI=1S/C20H19F6N7O3/c21-19(22,23)10-7-28-18(29-8-10)33-5-3-32(4-6-33)13(34)9-27-16(35)12-2-1-11-14(20(24,25)26)17(36)31-30-15(11)12/h7-8,12H,1-6,9H2,(H,27,35)(H,31,36)/t12-/m1/s1. The highest BCUT2D eigenvalue weighted by molar-refractivity contribution is 5.89. The van der Waals surface area contributed by atoms with Gasteiger partial charge in [0.2, 0.25) is 17.8 Å². The number of anilines is 1. The first-order chi connectivity index (χ1) is 16.9. The molecule has 1 saturated heterocycles. The molecule has 0 unspecified atom stereocenters. The smallest absolute Gasteiger partial charge is 0.346 e. The van der Waals surface area contributed by atoms with Gasteiger partial charge in [-0.15, -0.1) is 0 Å². The Morgan fingerprint density at radius 2 is 1.67 bits per heavy atom. The molecule has 36 heavy (non-hydrogen) atoms. The molecule has 2 aliphatic rings. The average molecular weight is 519 g/mol. The summed E-state index contributed by atoms with van der Waals surface area (Å²) >= 11 is 0. The molecule has 0 radical (unpaired) electrons. The van der Waals surface area contributed by atoms with Crippen LogP contribution in [-0.2, 0) is 28.4 Å². The minimum Gasteiger partial charge on any atom is -0.346 e. The van der Waals surface area contributed by atoms with Crippen molar-refractivity contribution in [2.75, 3.05) is 37.6 Å². The van der Waals surface area contributed by atoms with E-state index in [9.17, 15) is 40.7 Å². The Kier molecular flexibility index (Phi) is 6.62. The van der Waals surface area contributed by atoms with Crippen molar-refractivity contribution in [3.63, 3.8) is 0 Å². The number of halogens is 6. The van der Waals surface area contributed by atoms with Crippen molar-refractivity contribution in [2.45, 2.75) is 31.1 Å². The number of fused-ring (bicyclic) bond motifs is 1. The summed E-state index contributed by atoms with van der Waals surface area (Å²) in [6.45, 7) is 0.486. The summed E-state index contributed by atoms with van der Waals surface area (Å²) in [6.07, 6.45) is -8.23. The molecule has 0 spiro atoms. The van der Waals surface area contributed by atoms with Crippen molar-refractivity contribution in [2.24, 2.45) is 0 Å². The van der Waals surface area contributed by atoms with Gasteiger partial charge in [-0.25, -0.2) is 15.1 Å². The van der Waals surface area contributed by atoms with Crippen LogP contribution in [0.15, 0.2) is 17.2 Å². The lowest BCUT2D eigenvalue weighted by Gasteiger charge is -2.34. The minimum absolute atomic E-state index is 0.00847. The topological polar surface area (TPSA) is 124 Å². The van der Waals surface area contributed by atoms with Crippen LogP contribution in [0.25, 0.3) is 0 Å². The Bertz CT molecular complexity index is 1200. The van der Waals surface area contributed by atoms with E-state index in [2.05, 4.69) is 20.4 Å². The highest BCUT2D eigenvalue weighted by Gasteiger charge is 2.43. The van der Waals surface area contributed by atoms with Crippen LogP contribution in [0.4, 0.5) is 32.3 Å². The summed E-state index contributed by atoms with van der Waals surface area (Å²) in [4.78, 5) is 47.2. The molecular weight excluding hydrogens is 500 g/mol. The number of hydrogen-bond acceptors (Lipinski definition) is 7. The van der Waals surface area contributed by atoms with Gasteiger partial charge < -0.3 is 15.1 Å². The lowest BCUT2D eigenvalue weighted by molar-refractivity contribution is -0.139. The molecular formula is C20H19F6N7O3. The van der Waals surface area contributed by atoms with Gasteiger partial charge in [-0.1, -0.05) is 0 Å². The fraction of sp³-hybridized carbons (Fsp3) is 0.500. The van der Waals surface area contributed by atoms with Crippen LogP contribution < -0.4 is 15.8 Å². The third-order valence-electron chi connectivity index (χ3n) is 6.02. The maximum atomic E-state index is 13.2. The van der Waals surface area contributed by atoms with Crippen LogP contribution in [0, 0.1) is 0 Å². The van der Waals surface area contributed by atoms with Crippen LogP contribution in [0.5, 0.6) is 0 Å². The molecule has 1 aliphatic carbocycles. The average Bonchev–Trinajstić information content (AvgIpc) is 3.25. The van der Waals surface area contributed by atoms with Crippen LogP contribution >= 0.6 is 0 Å². The van der Waals surface area contributed by atoms with Gasteiger partial charge in [0.1, 0.15) is 5.56 Å². The van der Waals surface area contributed by atoms with E-state index in [0.717, 1.165) is 0 Å². The van der Waals surface area contributed by atoms with E-state index in [1.165, 1.54) is 4.90 Å². The van der Waals surface area contributed by atoms with Gasteiger partial charge in [-0.05, 0) is 18.4 Å². The van der Waals surface area contributed by atoms with Crippen molar-refractivity contribution in [3.05, 3.63) is 45.1 Å². The second-order valence-corrected chi connectivity index (χ2v) is 8.24. The second kappa shape index (κ2) is 9.39. The molecule has 16 heteroatoms. The van der Waals surface area contributed by atoms with Crippen molar-refractivity contribution < 1.29 is 35.9 Å². The summed E-state index contributed by atoms with van der Waals surface area (Å²) < 4.78 is 77.7. The van der Waals surface area contributed by atoms with E-state index < -0.39 is 53.3 Å². The van der Waals surface area contributed by atoms with Gasteiger partial charge in [-0.2, -0.15) is 31.4 Å². The Balaban J connectivity index is 1.31. The SMILES string of the molecule is O=C(NCC(=O)N1CCN(c2ncc(C(F)(F)F)cn2)CC1)[C@@H]1CCc2c1n[nH]c(=O)c2C(F)(F)F. The Morgan fingerprint density at radius 3 is 2.25 bits per heavy atom. The number of carbonyl (C=O) groups excluding carboxylic acids is 2. The third-order valence-corrected chi connectivity index (χ3v) is 6.02. The van der Waals surface area contributed by atoms with Crippen LogP contribution in [0.2, 0.25) is 0 Å². The zero-order valence-corrected chi connectivity index (χ0v) is 18.4. The fourth-order valence-electron chi connectivity index (χ4n) is 4.21. The van der Waals surface area contributed by atoms with Crippen molar-refractivity contribution in [3.8, 4) is 0 Å². The second-order valence-electron chi connectivity index (χ2n) is 8.24. The number of amides is 2. The van der Waals surface area contributed by atoms with Crippen LogP contribution in [-0.4, -0.2) is 69.6 Å². The van der Waals surface area contributed by atoms with Gasteiger partial charge in [0, 0.05) is 38.6 Å². The van der Waals surface area contributed by atoms with Gasteiger partial charge in [0.05, 0.1) is 23.7 Å². The molecule has 2 amide bonds. The maximum absolute atomic E-state index is 13.2. The van der Waals surface area contributed by atoms with Gasteiger partial charge in [0.15, 0.2) is 0 Å². The van der Waals surface area contributed by atoms with Crippen molar-refractivity contribution >= 4 is 17.8 Å². The molecule has 0 saturated carbocycles. The highest BCUT2D eigenvalue weighted by Crippen LogP contribution is 2.38. The maximum Gasteiger partial charge on any atom is 0.422 e. The first-order valence-electron chi connectivity index (χ1n) is 10.7. The number of piperazine rings is 1. The molecule has 3 heterocycles. The van der Waals surface area contributed by atoms with Gasteiger partial charge >= 0.3 is 12.4 Å².